The van der Waals surface area contributed by atoms with Gasteiger partial charge in [-0.15, -0.1) is 0 Å². The fraction of sp³-hybridized carbons (Fsp3) is 0.556. The smallest absolute Gasteiger partial charge is 0.228 e. The summed E-state index contributed by atoms with van der Waals surface area (Å²) in [6.07, 6.45) is 4.64. The van der Waals surface area contributed by atoms with Gasteiger partial charge in [-0.1, -0.05) is 25.1 Å². The van der Waals surface area contributed by atoms with Crippen molar-refractivity contribution in [2.75, 3.05) is 24.5 Å². The number of anilines is 1. The first-order chi connectivity index (χ1) is 10.7. The van der Waals surface area contributed by atoms with Crippen molar-refractivity contribution in [3.05, 3.63) is 29.8 Å². The summed E-state index contributed by atoms with van der Waals surface area (Å²) in [6.45, 7) is 4.34. The molecule has 0 aliphatic carbocycles. The van der Waals surface area contributed by atoms with E-state index in [1.165, 1.54) is 12.0 Å². The van der Waals surface area contributed by atoms with E-state index in [-0.39, 0.29) is 17.7 Å². The Labute approximate surface area is 132 Å². The molecule has 4 heteroatoms. The highest BCUT2D eigenvalue weighted by molar-refractivity contribution is 6.00. The summed E-state index contributed by atoms with van der Waals surface area (Å²) in [5, 5.41) is 0. The number of carbonyl (C=O) groups is 2. The number of hydrogen-bond donors (Lipinski definition) is 0. The molecule has 0 N–H and O–H groups in total. The van der Waals surface area contributed by atoms with E-state index >= 15 is 0 Å². The summed E-state index contributed by atoms with van der Waals surface area (Å²) in [4.78, 5) is 28.8. The molecule has 2 fully saturated rings. The first-order valence-corrected chi connectivity index (χ1v) is 8.37. The summed E-state index contributed by atoms with van der Waals surface area (Å²) in [5.74, 6) is 0.0799. The van der Waals surface area contributed by atoms with Crippen molar-refractivity contribution in [2.45, 2.75) is 39.0 Å². The Kier molecular flexibility index (Phi) is 4.46. The number of para-hydroxylation sites is 1. The zero-order valence-electron chi connectivity index (χ0n) is 13.3. The SMILES string of the molecule is CCc1ccccc1N1C[C@H](C(=O)N2CCCCC2)CC1=O. The predicted molar refractivity (Wildman–Crippen MR) is 86.7 cm³/mol. The molecular weight excluding hydrogens is 276 g/mol. The molecule has 0 aromatic heterocycles. The second-order valence-corrected chi connectivity index (χ2v) is 6.27. The van der Waals surface area contributed by atoms with E-state index in [2.05, 4.69) is 13.0 Å². The molecule has 118 valence electrons. The van der Waals surface area contributed by atoms with Gasteiger partial charge in [0.05, 0.1) is 5.92 Å². The summed E-state index contributed by atoms with van der Waals surface area (Å²) >= 11 is 0. The van der Waals surface area contributed by atoms with Crippen LogP contribution in [0, 0.1) is 5.92 Å². The molecule has 2 amide bonds. The lowest BCUT2D eigenvalue weighted by Gasteiger charge is -2.29. The molecule has 0 bridgehead atoms. The fourth-order valence-electron chi connectivity index (χ4n) is 3.55. The minimum atomic E-state index is -0.171. The van der Waals surface area contributed by atoms with Gasteiger partial charge in [0.25, 0.3) is 0 Å². The standard InChI is InChI=1S/C18H24N2O2/c1-2-14-8-4-5-9-16(14)20-13-15(12-17(20)21)18(22)19-10-6-3-7-11-19/h4-5,8-9,15H,2-3,6-7,10-13H2,1H3/t15-/m1/s1. The lowest BCUT2D eigenvalue weighted by atomic mass is 10.0. The molecular formula is C18H24N2O2. The largest absolute Gasteiger partial charge is 0.342 e. The third-order valence-corrected chi connectivity index (χ3v) is 4.81. The average Bonchev–Trinajstić information content (AvgIpc) is 2.96. The highest BCUT2D eigenvalue weighted by atomic mass is 16.2. The molecule has 3 rings (SSSR count). The Balaban J connectivity index is 1.74. The van der Waals surface area contributed by atoms with Crippen LogP contribution < -0.4 is 4.90 Å². The Hall–Kier alpha value is -1.84. The lowest BCUT2D eigenvalue weighted by molar-refractivity contribution is -0.136. The molecule has 0 spiro atoms. The summed E-state index contributed by atoms with van der Waals surface area (Å²) < 4.78 is 0. The minimum Gasteiger partial charge on any atom is -0.342 e. The highest BCUT2D eigenvalue weighted by Gasteiger charge is 2.37. The number of carbonyl (C=O) groups excluding carboxylic acids is 2. The summed E-state index contributed by atoms with van der Waals surface area (Å²) in [5.41, 5.74) is 2.14. The van der Waals surface area contributed by atoms with Crippen molar-refractivity contribution in [2.24, 2.45) is 5.92 Å². The van der Waals surface area contributed by atoms with Crippen molar-refractivity contribution in [3.63, 3.8) is 0 Å². The third kappa shape index (κ3) is 2.87. The van der Waals surface area contributed by atoms with Gasteiger partial charge in [-0.25, -0.2) is 0 Å². The third-order valence-electron chi connectivity index (χ3n) is 4.81. The molecule has 4 nitrogen and oxygen atoms in total. The van der Waals surface area contributed by atoms with Crippen LogP contribution in [0.4, 0.5) is 5.69 Å². The van der Waals surface area contributed by atoms with Crippen molar-refractivity contribution in [3.8, 4) is 0 Å². The number of piperidine rings is 1. The van der Waals surface area contributed by atoms with Crippen LogP contribution in [0.25, 0.3) is 0 Å². The Bertz CT molecular complexity index is 564. The van der Waals surface area contributed by atoms with Gasteiger partial charge >= 0.3 is 0 Å². The van der Waals surface area contributed by atoms with Crippen molar-refractivity contribution < 1.29 is 9.59 Å². The quantitative estimate of drug-likeness (QED) is 0.861. The normalized spacial score (nSPS) is 22.2. The van der Waals surface area contributed by atoms with E-state index in [9.17, 15) is 9.59 Å². The van der Waals surface area contributed by atoms with Crippen molar-refractivity contribution in [1.82, 2.24) is 4.90 Å². The zero-order chi connectivity index (χ0) is 15.5. The Morgan fingerprint density at radius 2 is 1.91 bits per heavy atom. The average molecular weight is 300 g/mol. The van der Waals surface area contributed by atoms with Crippen LogP contribution in [0.1, 0.15) is 38.2 Å². The maximum absolute atomic E-state index is 12.6. The number of rotatable bonds is 3. The highest BCUT2D eigenvalue weighted by Crippen LogP contribution is 2.29. The van der Waals surface area contributed by atoms with Crippen molar-refractivity contribution in [1.29, 1.82) is 0 Å². The zero-order valence-corrected chi connectivity index (χ0v) is 13.3. The fourth-order valence-corrected chi connectivity index (χ4v) is 3.55. The van der Waals surface area contributed by atoms with Crippen LogP contribution in [0.3, 0.4) is 0 Å². The number of nitrogens with zero attached hydrogens (tertiary/aromatic N) is 2. The molecule has 2 aliphatic heterocycles. The van der Waals surface area contributed by atoms with E-state index in [1.807, 2.05) is 28.0 Å². The van der Waals surface area contributed by atoms with Gasteiger partial charge in [0.2, 0.25) is 11.8 Å². The van der Waals surface area contributed by atoms with E-state index in [0.717, 1.165) is 38.0 Å². The number of benzene rings is 1. The van der Waals surface area contributed by atoms with E-state index in [0.29, 0.717) is 13.0 Å². The maximum Gasteiger partial charge on any atom is 0.228 e. The number of likely N-dealkylation sites (tertiary alicyclic amines) is 1. The second-order valence-electron chi connectivity index (χ2n) is 6.27. The van der Waals surface area contributed by atoms with Crippen LogP contribution in [-0.2, 0) is 16.0 Å². The van der Waals surface area contributed by atoms with E-state index < -0.39 is 0 Å². The van der Waals surface area contributed by atoms with Gasteiger partial charge in [-0.2, -0.15) is 0 Å². The molecule has 2 heterocycles. The summed E-state index contributed by atoms with van der Waals surface area (Å²) in [6, 6.07) is 8.01. The molecule has 1 aromatic carbocycles. The molecule has 1 aromatic rings. The van der Waals surface area contributed by atoms with Gasteiger partial charge in [-0.3, -0.25) is 9.59 Å². The van der Waals surface area contributed by atoms with Crippen molar-refractivity contribution >= 4 is 17.5 Å². The van der Waals surface area contributed by atoms with Gasteiger partial charge in [0.15, 0.2) is 0 Å². The van der Waals surface area contributed by atoms with E-state index in [4.69, 9.17) is 0 Å². The number of amides is 2. The first kappa shape index (κ1) is 15.1. The lowest BCUT2D eigenvalue weighted by Crippen LogP contribution is -2.40. The molecule has 0 saturated carbocycles. The second kappa shape index (κ2) is 6.51. The minimum absolute atomic E-state index is 0.0799. The van der Waals surface area contributed by atoms with Gasteiger partial charge in [0.1, 0.15) is 0 Å². The topological polar surface area (TPSA) is 40.6 Å². The predicted octanol–water partition coefficient (Wildman–Crippen LogP) is 2.61. The molecule has 2 saturated heterocycles. The van der Waals surface area contributed by atoms with Gasteiger partial charge in [0, 0.05) is 31.7 Å². The molecule has 0 radical (unpaired) electrons. The molecule has 22 heavy (non-hydrogen) atoms. The molecule has 1 atom stereocenters. The number of aryl methyl sites for hydroxylation is 1. The van der Waals surface area contributed by atoms with Gasteiger partial charge in [-0.05, 0) is 37.3 Å². The van der Waals surface area contributed by atoms with Gasteiger partial charge < -0.3 is 9.80 Å². The van der Waals surface area contributed by atoms with Crippen LogP contribution >= 0.6 is 0 Å². The first-order valence-electron chi connectivity index (χ1n) is 8.37. The summed E-state index contributed by atoms with van der Waals surface area (Å²) in [7, 11) is 0. The monoisotopic (exact) mass is 300 g/mol. The van der Waals surface area contributed by atoms with Crippen LogP contribution in [0.15, 0.2) is 24.3 Å². The maximum atomic E-state index is 12.6. The van der Waals surface area contributed by atoms with Crippen LogP contribution in [0.2, 0.25) is 0 Å². The molecule has 0 unspecified atom stereocenters. The van der Waals surface area contributed by atoms with Crippen LogP contribution in [0.5, 0.6) is 0 Å². The number of hydrogen-bond acceptors (Lipinski definition) is 2. The Morgan fingerprint density at radius 1 is 1.18 bits per heavy atom. The molecule has 2 aliphatic rings. The van der Waals surface area contributed by atoms with E-state index in [1.54, 1.807) is 0 Å². The Morgan fingerprint density at radius 3 is 2.64 bits per heavy atom. The van der Waals surface area contributed by atoms with Crippen LogP contribution in [-0.4, -0.2) is 36.3 Å².